The van der Waals surface area contributed by atoms with Gasteiger partial charge in [-0.25, -0.2) is 4.98 Å². The third-order valence-corrected chi connectivity index (χ3v) is 2.49. The number of amides is 1. The van der Waals surface area contributed by atoms with Crippen LogP contribution in [0.3, 0.4) is 0 Å². The molecule has 0 aliphatic rings. The van der Waals surface area contributed by atoms with Crippen LogP contribution < -0.4 is 5.32 Å². The van der Waals surface area contributed by atoms with Crippen molar-refractivity contribution in [3.05, 3.63) is 47.5 Å². The lowest BCUT2D eigenvalue weighted by Gasteiger charge is -2.11. The van der Waals surface area contributed by atoms with Gasteiger partial charge >= 0.3 is 0 Å². The van der Waals surface area contributed by atoms with Gasteiger partial charge in [0.2, 0.25) is 0 Å². The Balaban J connectivity index is 2.07. The number of carbonyl (C=O) groups excluding carboxylic acids is 1. The molecule has 17 heavy (non-hydrogen) atoms. The van der Waals surface area contributed by atoms with Crippen LogP contribution in [-0.4, -0.2) is 21.1 Å². The lowest BCUT2D eigenvalue weighted by Crippen LogP contribution is -2.27. The van der Waals surface area contributed by atoms with Gasteiger partial charge in [0.15, 0.2) is 0 Å². The van der Waals surface area contributed by atoms with Crippen LogP contribution in [0.25, 0.3) is 0 Å². The van der Waals surface area contributed by atoms with Gasteiger partial charge in [-0.05, 0) is 26.0 Å². The lowest BCUT2D eigenvalue weighted by atomic mass is 10.2. The zero-order chi connectivity index (χ0) is 12.3. The highest BCUT2D eigenvalue weighted by atomic mass is 16.1. The Hall–Kier alpha value is -2.17. The fourth-order valence-corrected chi connectivity index (χ4v) is 1.52. The van der Waals surface area contributed by atoms with E-state index in [1.54, 1.807) is 18.5 Å². The zero-order valence-corrected chi connectivity index (χ0v) is 9.77. The third kappa shape index (κ3) is 2.69. The van der Waals surface area contributed by atoms with Crippen molar-refractivity contribution in [3.8, 4) is 0 Å². The molecule has 5 nitrogen and oxygen atoms in total. The van der Waals surface area contributed by atoms with E-state index in [4.69, 9.17) is 0 Å². The number of nitrogens with zero attached hydrogens (tertiary/aromatic N) is 2. The molecule has 0 saturated heterocycles. The van der Waals surface area contributed by atoms with Gasteiger partial charge in [0.25, 0.3) is 5.91 Å². The molecule has 0 aliphatic heterocycles. The van der Waals surface area contributed by atoms with Crippen molar-refractivity contribution in [2.75, 3.05) is 0 Å². The highest BCUT2D eigenvalue weighted by Crippen LogP contribution is 2.10. The zero-order valence-electron chi connectivity index (χ0n) is 9.77. The Labute approximate surface area is 99.3 Å². The van der Waals surface area contributed by atoms with Crippen molar-refractivity contribution >= 4 is 5.91 Å². The quantitative estimate of drug-likeness (QED) is 0.841. The van der Waals surface area contributed by atoms with Crippen LogP contribution in [0, 0.1) is 6.92 Å². The van der Waals surface area contributed by atoms with E-state index >= 15 is 0 Å². The van der Waals surface area contributed by atoms with Crippen molar-refractivity contribution in [2.45, 2.75) is 19.9 Å². The molecule has 1 amide bonds. The maximum absolute atomic E-state index is 11.9. The van der Waals surface area contributed by atoms with Crippen LogP contribution >= 0.6 is 0 Å². The Kier molecular flexibility index (Phi) is 3.18. The molecular weight excluding hydrogens is 216 g/mol. The minimum atomic E-state index is -0.178. The van der Waals surface area contributed by atoms with Gasteiger partial charge in [-0.1, -0.05) is 6.07 Å². The fourth-order valence-electron chi connectivity index (χ4n) is 1.52. The molecule has 0 saturated carbocycles. The molecule has 0 aliphatic carbocycles. The smallest absolute Gasteiger partial charge is 0.270 e. The number of hydrogen-bond acceptors (Lipinski definition) is 3. The molecule has 2 N–H and O–H groups in total. The number of nitrogens with one attached hydrogen (secondary N) is 2. The molecule has 0 bridgehead atoms. The van der Waals surface area contributed by atoms with Gasteiger partial charge in [0.1, 0.15) is 5.69 Å². The second kappa shape index (κ2) is 4.78. The maximum atomic E-state index is 11.9. The molecule has 0 fully saturated rings. The molecule has 2 aromatic rings. The number of rotatable bonds is 3. The predicted octanol–water partition coefficient (Wildman–Crippen LogP) is 1.60. The standard InChI is InChI=1S/C12H14N4O/c1-8-4-3-5-11(15-8)12(17)16-9(2)10-6-13-14-7-10/h3-7,9H,1-2H3,(H,13,14)(H,16,17). The van der Waals surface area contributed by atoms with Gasteiger partial charge < -0.3 is 5.32 Å². The van der Waals surface area contributed by atoms with Gasteiger partial charge in [0.05, 0.1) is 12.2 Å². The minimum Gasteiger partial charge on any atom is -0.344 e. The normalized spacial score (nSPS) is 12.1. The first kappa shape index (κ1) is 11.3. The molecule has 1 unspecified atom stereocenters. The topological polar surface area (TPSA) is 70.7 Å². The Morgan fingerprint density at radius 1 is 1.47 bits per heavy atom. The maximum Gasteiger partial charge on any atom is 0.270 e. The number of pyridine rings is 1. The van der Waals surface area contributed by atoms with Crippen LogP contribution in [-0.2, 0) is 0 Å². The number of hydrogen-bond donors (Lipinski definition) is 2. The summed E-state index contributed by atoms with van der Waals surface area (Å²) in [4.78, 5) is 16.1. The summed E-state index contributed by atoms with van der Waals surface area (Å²) in [6, 6.07) is 5.28. The summed E-state index contributed by atoms with van der Waals surface area (Å²) < 4.78 is 0. The van der Waals surface area contributed by atoms with Crippen LogP contribution in [0.2, 0.25) is 0 Å². The molecule has 2 heterocycles. The summed E-state index contributed by atoms with van der Waals surface area (Å²) in [6.07, 6.45) is 3.45. The second-order valence-electron chi connectivity index (χ2n) is 3.89. The van der Waals surface area contributed by atoms with Crippen LogP contribution in [0.5, 0.6) is 0 Å². The Morgan fingerprint density at radius 3 is 2.94 bits per heavy atom. The number of aromatic nitrogens is 3. The third-order valence-electron chi connectivity index (χ3n) is 2.49. The SMILES string of the molecule is Cc1cccc(C(=O)NC(C)c2cn[nH]c2)n1. The van der Waals surface area contributed by atoms with Crippen LogP contribution in [0.15, 0.2) is 30.6 Å². The van der Waals surface area contributed by atoms with E-state index in [0.717, 1.165) is 11.3 Å². The summed E-state index contributed by atoms with van der Waals surface area (Å²) >= 11 is 0. The Morgan fingerprint density at radius 2 is 2.29 bits per heavy atom. The lowest BCUT2D eigenvalue weighted by molar-refractivity contribution is 0.0934. The van der Waals surface area contributed by atoms with E-state index in [0.29, 0.717) is 5.69 Å². The second-order valence-corrected chi connectivity index (χ2v) is 3.89. The summed E-state index contributed by atoms with van der Waals surface area (Å²) in [5.41, 5.74) is 2.19. The molecule has 2 rings (SSSR count). The van der Waals surface area contributed by atoms with Gasteiger partial charge in [0, 0.05) is 17.5 Å². The van der Waals surface area contributed by atoms with E-state index in [2.05, 4.69) is 20.5 Å². The van der Waals surface area contributed by atoms with Crippen molar-refractivity contribution < 1.29 is 4.79 Å². The number of H-pyrrole nitrogens is 1. The average Bonchev–Trinajstić information content (AvgIpc) is 2.82. The largest absolute Gasteiger partial charge is 0.344 e. The molecule has 2 aromatic heterocycles. The summed E-state index contributed by atoms with van der Waals surface area (Å²) in [7, 11) is 0. The number of aryl methyl sites for hydroxylation is 1. The molecule has 0 aromatic carbocycles. The van der Waals surface area contributed by atoms with Crippen molar-refractivity contribution in [3.63, 3.8) is 0 Å². The highest BCUT2D eigenvalue weighted by Gasteiger charge is 2.12. The molecule has 88 valence electrons. The van der Waals surface area contributed by atoms with Gasteiger partial charge in [-0.2, -0.15) is 5.10 Å². The van der Waals surface area contributed by atoms with Gasteiger partial charge in [-0.15, -0.1) is 0 Å². The monoisotopic (exact) mass is 230 g/mol. The average molecular weight is 230 g/mol. The molecular formula is C12H14N4O. The van der Waals surface area contributed by atoms with Crippen molar-refractivity contribution in [1.82, 2.24) is 20.5 Å². The molecule has 1 atom stereocenters. The molecule has 5 heteroatoms. The summed E-state index contributed by atoms with van der Waals surface area (Å²) in [5, 5.41) is 9.43. The van der Waals surface area contributed by atoms with Crippen molar-refractivity contribution in [2.24, 2.45) is 0 Å². The van der Waals surface area contributed by atoms with Gasteiger partial charge in [-0.3, -0.25) is 9.89 Å². The van der Waals surface area contributed by atoms with Crippen LogP contribution in [0.4, 0.5) is 0 Å². The first-order valence-electron chi connectivity index (χ1n) is 5.40. The minimum absolute atomic E-state index is 0.0939. The van der Waals surface area contributed by atoms with E-state index in [9.17, 15) is 4.79 Å². The summed E-state index contributed by atoms with van der Waals surface area (Å²) in [5.74, 6) is -0.178. The molecule has 0 radical (unpaired) electrons. The molecule has 0 spiro atoms. The first-order valence-corrected chi connectivity index (χ1v) is 5.40. The van der Waals surface area contributed by atoms with E-state index < -0.39 is 0 Å². The van der Waals surface area contributed by atoms with E-state index in [1.165, 1.54) is 0 Å². The highest BCUT2D eigenvalue weighted by molar-refractivity contribution is 5.92. The predicted molar refractivity (Wildman–Crippen MR) is 63.4 cm³/mol. The first-order chi connectivity index (χ1) is 8.16. The Bertz CT molecular complexity index is 507. The fraction of sp³-hybridized carbons (Fsp3) is 0.250. The van der Waals surface area contributed by atoms with Crippen LogP contribution in [0.1, 0.15) is 34.7 Å². The van der Waals surface area contributed by atoms with Crippen molar-refractivity contribution in [1.29, 1.82) is 0 Å². The van der Waals surface area contributed by atoms with E-state index in [1.807, 2.05) is 26.0 Å². The summed E-state index contributed by atoms with van der Waals surface area (Å²) in [6.45, 7) is 3.76. The number of carbonyl (C=O) groups is 1. The van der Waals surface area contributed by atoms with E-state index in [-0.39, 0.29) is 11.9 Å². The number of aromatic amines is 1.